The molecule has 2 N–H and O–H groups in total. The van der Waals surface area contributed by atoms with Gasteiger partial charge in [0, 0.05) is 20.3 Å². The third-order valence-electron chi connectivity index (χ3n) is 2.82. The average molecular weight is 277 g/mol. The van der Waals surface area contributed by atoms with Crippen LogP contribution in [0.4, 0.5) is 0 Å². The number of hydrogen-bond donors (Lipinski definition) is 1. The fraction of sp³-hybridized carbons (Fsp3) is 0.923. The summed E-state index contributed by atoms with van der Waals surface area (Å²) in [7, 11) is 1.63. The van der Waals surface area contributed by atoms with Crippen LogP contribution in [0.15, 0.2) is 0 Å². The van der Waals surface area contributed by atoms with Crippen molar-refractivity contribution in [3.63, 3.8) is 0 Å². The van der Waals surface area contributed by atoms with Gasteiger partial charge in [-0.05, 0) is 20.3 Å². The van der Waals surface area contributed by atoms with Crippen LogP contribution in [-0.4, -0.2) is 59.3 Å². The molecule has 0 amide bonds. The van der Waals surface area contributed by atoms with E-state index < -0.39 is 5.41 Å². The van der Waals surface area contributed by atoms with Gasteiger partial charge in [0.2, 0.25) is 0 Å². The monoisotopic (exact) mass is 277 g/mol. The summed E-state index contributed by atoms with van der Waals surface area (Å²) in [5, 5.41) is 0. The van der Waals surface area contributed by atoms with E-state index in [0.29, 0.717) is 46.1 Å². The smallest absolute Gasteiger partial charge is 0.313 e. The highest BCUT2D eigenvalue weighted by Gasteiger charge is 2.32. The molecular formula is C13H27NO5. The first-order valence-electron chi connectivity index (χ1n) is 6.62. The normalized spacial score (nSPS) is 14.1. The maximum absolute atomic E-state index is 11.7. The van der Waals surface area contributed by atoms with Crippen molar-refractivity contribution in [2.45, 2.75) is 20.3 Å². The lowest BCUT2D eigenvalue weighted by atomic mass is 9.87. The summed E-state index contributed by atoms with van der Waals surface area (Å²) in [5.41, 5.74) is 4.97. The van der Waals surface area contributed by atoms with Crippen LogP contribution in [0.25, 0.3) is 0 Å². The predicted octanol–water partition coefficient (Wildman–Crippen LogP) is 0.584. The summed E-state index contributed by atoms with van der Waals surface area (Å²) >= 11 is 0. The summed E-state index contributed by atoms with van der Waals surface area (Å²) in [6, 6.07) is 0. The number of ether oxygens (including phenoxy) is 4. The zero-order valence-corrected chi connectivity index (χ0v) is 12.3. The lowest BCUT2D eigenvalue weighted by Gasteiger charge is -2.25. The fourth-order valence-electron chi connectivity index (χ4n) is 1.35. The molecule has 0 aromatic heterocycles. The minimum atomic E-state index is -0.674. The van der Waals surface area contributed by atoms with E-state index in [-0.39, 0.29) is 12.5 Å². The molecule has 0 rings (SSSR count). The Morgan fingerprint density at radius 2 is 1.68 bits per heavy atom. The fourth-order valence-corrected chi connectivity index (χ4v) is 1.35. The zero-order valence-electron chi connectivity index (χ0n) is 12.3. The van der Waals surface area contributed by atoms with Gasteiger partial charge >= 0.3 is 5.97 Å². The van der Waals surface area contributed by atoms with Crippen molar-refractivity contribution in [3.8, 4) is 0 Å². The van der Waals surface area contributed by atoms with Crippen molar-refractivity contribution in [1.82, 2.24) is 0 Å². The molecule has 0 bridgehead atoms. The van der Waals surface area contributed by atoms with Gasteiger partial charge in [0.25, 0.3) is 0 Å². The summed E-state index contributed by atoms with van der Waals surface area (Å²) < 4.78 is 20.5. The Morgan fingerprint density at radius 1 is 1.11 bits per heavy atom. The van der Waals surface area contributed by atoms with Crippen LogP contribution in [0.5, 0.6) is 0 Å². The lowest BCUT2D eigenvalue weighted by Crippen LogP contribution is -2.38. The molecule has 0 spiro atoms. The van der Waals surface area contributed by atoms with Crippen LogP contribution in [0.1, 0.15) is 20.3 Å². The number of hydrogen-bond acceptors (Lipinski definition) is 6. The topological polar surface area (TPSA) is 80.0 Å². The van der Waals surface area contributed by atoms with E-state index in [1.54, 1.807) is 21.0 Å². The highest BCUT2D eigenvalue weighted by molar-refractivity contribution is 5.76. The number of carbonyl (C=O) groups excluding carboxylic acids is 1. The molecule has 0 radical (unpaired) electrons. The maximum Gasteiger partial charge on any atom is 0.313 e. The molecule has 6 nitrogen and oxygen atoms in total. The Labute approximate surface area is 115 Å². The van der Waals surface area contributed by atoms with E-state index >= 15 is 0 Å². The van der Waals surface area contributed by atoms with Crippen LogP contribution in [0, 0.1) is 5.41 Å². The van der Waals surface area contributed by atoms with Crippen LogP contribution < -0.4 is 5.73 Å². The van der Waals surface area contributed by atoms with Gasteiger partial charge in [0.1, 0.15) is 0 Å². The molecule has 1 unspecified atom stereocenters. The lowest BCUT2D eigenvalue weighted by molar-refractivity contribution is -0.155. The summed E-state index contributed by atoms with van der Waals surface area (Å²) in [6.07, 6.45) is 0.542. The third-order valence-corrected chi connectivity index (χ3v) is 2.82. The maximum atomic E-state index is 11.7. The van der Waals surface area contributed by atoms with Crippen LogP contribution in [0.2, 0.25) is 0 Å². The average Bonchev–Trinajstić information content (AvgIpc) is 2.41. The molecule has 0 saturated heterocycles. The quantitative estimate of drug-likeness (QED) is 0.415. The summed E-state index contributed by atoms with van der Waals surface area (Å²) in [4.78, 5) is 11.7. The van der Waals surface area contributed by atoms with Crippen molar-refractivity contribution in [1.29, 1.82) is 0 Å². The van der Waals surface area contributed by atoms with Crippen molar-refractivity contribution < 1.29 is 23.7 Å². The van der Waals surface area contributed by atoms with Gasteiger partial charge in [-0.25, -0.2) is 0 Å². The van der Waals surface area contributed by atoms with E-state index in [1.807, 2.05) is 0 Å². The minimum Gasteiger partial charge on any atom is -0.466 e. The predicted molar refractivity (Wildman–Crippen MR) is 71.9 cm³/mol. The molecule has 0 saturated carbocycles. The van der Waals surface area contributed by atoms with Gasteiger partial charge in [-0.3, -0.25) is 4.79 Å². The molecule has 0 aliphatic rings. The van der Waals surface area contributed by atoms with Crippen molar-refractivity contribution in [2.24, 2.45) is 11.1 Å². The third kappa shape index (κ3) is 8.15. The van der Waals surface area contributed by atoms with E-state index in [2.05, 4.69) is 0 Å². The van der Waals surface area contributed by atoms with Gasteiger partial charge in [0.15, 0.2) is 0 Å². The number of nitrogens with two attached hydrogens (primary N) is 1. The van der Waals surface area contributed by atoms with Gasteiger partial charge in [-0.2, -0.15) is 0 Å². The van der Waals surface area contributed by atoms with E-state index in [9.17, 15) is 4.79 Å². The van der Waals surface area contributed by atoms with Crippen LogP contribution in [0.3, 0.4) is 0 Å². The standard InChI is InChI=1S/C13H27NO5/c1-4-19-12(15)13(2,11-14)5-6-17-9-10-18-8-7-16-3/h4-11,14H2,1-3H3. The number of esters is 1. The van der Waals surface area contributed by atoms with E-state index in [4.69, 9.17) is 24.7 Å². The second-order valence-electron chi connectivity index (χ2n) is 4.45. The Kier molecular flexibility index (Phi) is 10.8. The van der Waals surface area contributed by atoms with Gasteiger partial charge < -0.3 is 24.7 Å². The Morgan fingerprint density at radius 3 is 2.21 bits per heavy atom. The molecule has 0 aromatic carbocycles. The molecule has 0 heterocycles. The molecule has 19 heavy (non-hydrogen) atoms. The van der Waals surface area contributed by atoms with Gasteiger partial charge in [-0.1, -0.05) is 0 Å². The molecular weight excluding hydrogens is 250 g/mol. The first kappa shape index (κ1) is 18.3. The zero-order chi connectivity index (χ0) is 14.6. The van der Waals surface area contributed by atoms with Crippen molar-refractivity contribution in [2.75, 3.05) is 53.3 Å². The van der Waals surface area contributed by atoms with Crippen molar-refractivity contribution in [3.05, 3.63) is 0 Å². The molecule has 114 valence electrons. The second-order valence-corrected chi connectivity index (χ2v) is 4.45. The Hall–Kier alpha value is -0.690. The van der Waals surface area contributed by atoms with Gasteiger partial charge in [-0.15, -0.1) is 0 Å². The van der Waals surface area contributed by atoms with E-state index in [0.717, 1.165) is 0 Å². The molecule has 0 fully saturated rings. The molecule has 1 atom stereocenters. The first-order chi connectivity index (χ1) is 9.10. The molecule has 0 aromatic rings. The second kappa shape index (κ2) is 11.2. The van der Waals surface area contributed by atoms with Crippen molar-refractivity contribution >= 4 is 5.97 Å². The van der Waals surface area contributed by atoms with E-state index in [1.165, 1.54) is 0 Å². The Bertz CT molecular complexity index is 237. The number of rotatable bonds is 12. The van der Waals surface area contributed by atoms with Gasteiger partial charge in [0.05, 0.1) is 38.4 Å². The molecule has 0 aliphatic carbocycles. The number of carbonyl (C=O) groups is 1. The first-order valence-corrected chi connectivity index (χ1v) is 6.62. The van der Waals surface area contributed by atoms with Crippen LogP contribution in [-0.2, 0) is 23.7 Å². The largest absolute Gasteiger partial charge is 0.466 e. The minimum absolute atomic E-state index is 0.250. The number of methoxy groups -OCH3 is 1. The summed E-state index contributed by atoms with van der Waals surface area (Å²) in [5.74, 6) is -0.266. The Balaban J connectivity index is 3.69. The summed E-state index contributed by atoms with van der Waals surface area (Å²) in [6.45, 7) is 6.79. The molecule has 6 heteroatoms. The highest BCUT2D eigenvalue weighted by Crippen LogP contribution is 2.21. The highest BCUT2D eigenvalue weighted by atomic mass is 16.5. The SMILES string of the molecule is CCOC(=O)C(C)(CN)CCOCCOCCOC. The molecule has 0 aliphatic heterocycles. The van der Waals surface area contributed by atoms with Crippen LogP contribution >= 0.6 is 0 Å².